The highest BCUT2D eigenvalue weighted by atomic mass is 19.2. The molecule has 3 aromatic rings. The van der Waals surface area contributed by atoms with Crippen LogP contribution in [0.4, 0.5) is 17.6 Å². The lowest BCUT2D eigenvalue weighted by atomic mass is 10.0. The number of aryl methyl sites for hydroxylation is 1. The minimum Gasteiger partial charge on any atom is -0.479 e. The van der Waals surface area contributed by atoms with Crippen LogP contribution in [0.15, 0.2) is 36.4 Å². The number of aromatic nitrogens is 1. The predicted molar refractivity (Wildman–Crippen MR) is 148 cm³/mol. The van der Waals surface area contributed by atoms with Gasteiger partial charge in [0.1, 0.15) is 30.0 Å². The molecule has 0 radical (unpaired) electrons. The lowest BCUT2D eigenvalue weighted by Gasteiger charge is -2.26. The van der Waals surface area contributed by atoms with Crippen LogP contribution in [0.3, 0.4) is 0 Å². The molecule has 13 heteroatoms. The van der Waals surface area contributed by atoms with Crippen LogP contribution in [0.5, 0.6) is 5.75 Å². The summed E-state index contributed by atoms with van der Waals surface area (Å²) >= 11 is 0. The highest BCUT2D eigenvalue weighted by Gasteiger charge is 2.33. The molecule has 0 fully saturated rings. The first-order valence-electron chi connectivity index (χ1n) is 13.4. The van der Waals surface area contributed by atoms with E-state index in [1.54, 1.807) is 52.3 Å². The second kappa shape index (κ2) is 13.3. The maximum atomic E-state index is 14.0. The van der Waals surface area contributed by atoms with Crippen LogP contribution in [0.1, 0.15) is 51.5 Å². The molecule has 2 aromatic carbocycles. The fourth-order valence-corrected chi connectivity index (χ4v) is 4.24. The number of hydrogen-bond donors (Lipinski definition) is 2. The van der Waals surface area contributed by atoms with Gasteiger partial charge < -0.3 is 24.7 Å². The molecule has 3 rings (SSSR count). The molecule has 1 heterocycles. The molecule has 0 aliphatic rings. The molecule has 0 aliphatic carbocycles. The molecule has 0 aliphatic heterocycles. The van der Waals surface area contributed by atoms with E-state index in [-0.39, 0.29) is 11.8 Å². The first-order chi connectivity index (χ1) is 20.0. The summed E-state index contributed by atoms with van der Waals surface area (Å²) in [6, 6.07) is 6.06. The van der Waals surface area contributed by atoms with Crippen LogP contribution in [0, 0.1) is 29.2 Å². The molecule has 0 bridgehead atoms. The summed E-state index contributed by atoms with van der Waals surface area (Å²) < 4.78 is 66.9. The topological polar surface area (TPSA) is 116 Å². The van der Waals surface area contributed by atoms with Crippen LogP contribution >= 0.6 is 0 Å². The number of fused-ring (bicyclic) bond motifs is 1. The maximum Gasteiger partial charge on any atom is 0.308 e. The van der Waals surface area contributed by atoms with Crippen LogP contribution in [-0.4, -0.2) is 52.4 Å². The number of benzene rings is 2. The average Bonchev–Trinajstić information content (AvgIpc) is 3.25. The number of halogens is 4. The number of nitrogens with zero attached hydrogens (tertiary/aromatic N) is 1. The van der Waals surface area contributed by atoms with E-state index in [1.165, 1.54) is 0 Å². The van der Waals surface area contributed by atoms with Crippen LogP contribution in [0.2, 0.25) is 0 Å². The Bertz CT molecular complexity index is 1520. The van der Waals surface area contributed by atoms with Crippen LogP contribution in [-0.2, 0) is 26.2 Å². The van der Waals surface area contributed by atoms with Gasteiger partial charge in [-0.15, -0.1) is 0 Å². The third-order valence-corrected chi connectivity index (χ3v) is 6.35. The molecule has 1 unspecified atom stereocenters. The number of nitrogens with one attached hydrogen (secondary N) is 2. The van der Waals surface area contributed by atoms with Crippen molar-refractivity contribution in [2.45, 2.75) is 58.7 Å². The Kier molecular flexibility index (Phi) is 10.2. The lowest BCUT2D eigenvalue weighted by molar-refractivity contribution is -0.156. The van der Waals surface area contributed by atoms with Crippen molar-refractivity contribution < 1.29 is 46.2 Å². The van der Waals surface area contributed by atoms with Gasteiger partial charge in [0.25, 0.3) is 5.91 Å². The number of ether oxygens (including phenoxy) is 2. The third kappa shape index (κ3) is 8.11. The van der Waals surface area contributed by atoms with Crippen molar-refractivity contribution in [3.05, 3.63) is 65.4 Å². The quantitative estimate of drug-likeness (QED) is 0.190. The van der Waals surface area contributed by atoms with Gasteiger partial charge in [-0.25, -0.2) is 8.78 Å². The molecule has 232 valence electrons. The largest absolute Gasteiger partial charge is 0.479 e. The average molecular weight is 608 g/mol. The van der Waals surface area contributed by atoms with Crippen LogP contribution in [0.25, 0.3) is 10.9 Å². The number of amides is 2. The smallest absolute Gasteiger partial charge is 0.308 e. The molecule has 2 N–H and O–H groups in total. The standard InChI is InChI=1S/C30H33F4N3O6/c1-15(2)26(36-28(40)21-11-16-9-7-8-10-20(16)37(21)6)29(41)35-19(13-23(39)43-30(3,4)5)22(38)14-42-27-24(33)17(31)12-18(32)25(27)34/h7-12,15,19,26H,13-14H2,1-6H3,(H,35,41)(H,36,40)/t19?,26-/m0/s1. The van der Waals surface area contributed by atoms with E-state index < -0.39 is 89.2 Å². The van der Waals surface area contributed by atoms with Crippen molar-refractivity contribution in [1.29, 1.82) is 0 Å². The Labute approximate surface area is 245 Å². The van der Waals surface area contributed by atoms with Crippen molar-refractivity contribution in [2.24, 2.45) is 13.0 Å². The van der Waals surface area contributed by atoms with Crippen molar-refractivity contribution in [3.8, 4) is 5.75 Å². The Morgan fingerprint density at radius 1 is 0.930 bits per heavy atom. The minimum absolute atomic E-state index is 0.0245. The highest BCUT2D eigenvalue weighted by molar-refractivity contribution is 6.01. The van der Waals surface area contributed by atoms with Gasteiger partial charge in [-0.05, 0) is 38.8 Å². The number of ketones is 1. The number of Topliss-reactive ketones (excluding diaryl/α,β-unsaturated/α-hetero) is 1. The summed E-state index contributed by atoms with van der Waals surface area (Å²) in [6.07, 6.45) is -0.713. The second-order valence-corrected chi connectivity index (χ2v) is 11.2. The molecule has 2 atom stereocenters. The summed E-state index contributed by atoms with van der Waals surface area (Å²) in [5.41, 5.74) is 0.0944. The first kappa shape index (κ1) is 33.1. The van der Waals surface area contributed by atoms with E-state index in [2.05, 4.69) is 10.6 Å². The van der Waals surface area contributed by atoms with Gasteiger partial charge in [0.2, 0.25) is 17.5 Å². The third-order valence-electron chi connectivity index (χ3n) is 6.35. The van der Waals surface area contributed by atoms with Gasteiger partial charge >= 0.3 is 5.97 Å². The molecular formula is C30H33F4N3O6. The van der Waals surface area contributed by atoms with Crippen molar-refractivity contribution in [2.75, 3.05) is 6.61 Å². The molecule has 0 spiro atoms. The first-order valence-corrected chi connectivity index (χ1v) is 13.4. The zero-order valence-electron chi connectivity index (χ0n) is 24.5. The lowest BCUT2D eigenvalue weighted by Crippen LogP contribution is -2.55. The van der Waals surface area contributed by atoms with E-state index >= 15 is 0 Å². The zero-order chi connectivity index (χ0) is 32.2. The summed E-state index contributed by atoms with van der Waals surface area (Å²) in [5, 5.41) is 5.82. The number of hydrogen-bond acceptors (Lipinski definition) is 6. The fraction of sp³-hybridized carbons (Fsp3) is 0.400. The Hall–Kier alpha value is -4.42. The van der Waals surface area contributed by atoms with E-state index in [4.69, 9.17) is 9.47 Å². The number of esters is 1. The Morgan fingerprint density at radius 2 is 1.53 bits per heavy atom. The molecule has 1 aromatic heterocycles. The predicted octanol–water partition coefficient (Wildman–Crippen LogP) is 4.35. The van der Waals surface area contributed by atoms with E-state index in [0.717, 1.165) is 10.9 Å². The zero-order valence-corrected chi connectivity index (χ0v) is 24.5. The highest BCUT2D eigenvalue weighted by Crippen LogP contribution is 2.26. The minimum atomic E-state index is -1.87. The molecule has 2 amide bonds. The monoisotopic (exact) mass is 607 g/mol. The van der Waals surface area contributed by atoms with Crippen molar-refractivity contribution >= 4 is 34.5 Å². The van der Waals surface area contributed by atoms with Crippen molar-refractivity contribution in [3.63, 3.8) is 0 Å². The van der Waals surface area contributed by atoms with E-state index in [1.807, 2.05) is 24.3 Å². The number of para-hydroxylation sites is 1. The number of rotatable bonds is 11. The Balaban J connectivity index is 1.82. The SMILES string of the molecule is CC(C)[C@H](NC(=O)c1cc2ccccc2n1C)C(=O)NC(CC(=O)OC(C)(C)C)C(=O)COc1c(F)c(F)cc(F)c1F. The molecule has 0 saturated carbocycles. The number of carbonyl (C=O) groups is 4. The van der Waals surface area contributed by atoms with Gasteiger partial charge in [0.15, 0.2) is 23.2 Å². The summed E-state index contributed by atoms with van der Waals surface area (Å²) in [6.45, 7) is 6.84. The molecular weight excluding hydrogens is 574 g/mol. The van der Waals surface area contributed by atoms with Crippen molar-refractivity contribution in [1.82, 2.24) is 15.2 Å². The molecule has 9 nitrogen and oxygen atoms in total. The van der Waals surface area contributed by atoms with Gasteiger partial charge in [-0.3, -0.25) is 19.2 Å². The van der Waals surface area contributed by atoms with E-state index in [0.29, 0.717) is 0 Å². The van der Waals surface area contributed by atoms with Gasteiger partial charge in [0.05, 0.1) is 6.42 Å². The fourth-order valence-electron chi connectivity index (χ4n) is 4.24. The maximum absolute atomic E-state index is 14.0. The normalized spacial score (nSPS) is 13.0. The molecule has 43 heavy (non-hydrogen) atoms. The van der Waals surface area contributed by atoms with Gasteiger partial charge in [-0.2, -0.15) is 8.78 Å². The Morgan fingerprint density at radius 3 is 2.09 bits per heavy atom. The molecule has 0 saturated heterocycles. The van der Waals surface area contributed by atoms with E-state index in [9.17, 15) is 36.7 Å². The number of carbonyl (C=O) groups excluding carboxylic acids is 4. The second-order valence-electron chi connectivity index (χ2n) is 11.2. The van der Waals surface area contributed by atoms with Gasteiger partial charge in [0, 0.05) is 24.0 Å². The van der Waals surface area contributed by atoms with Crippen LogP contribution < -0.4 is 15.4 Å². The van der Waals surface area contributed by atoms with Gasteiger partial charge in [-0.1, -0.05) is 32.0 Å². The summed E-state index contributed by atoms with van der Waals surface area (Å²) in [4.78, 5) is 52.2. The summed E-state index contributed by atoms with van der Waals surface area (Å²) in [5.74, 6) is -12.6. The summed E-state index contributed by atoms with van der Waals surface area (Å²) in [7, 11) is 1.69.